The van der Waals surface area contributed by atoms with Crippen LogP contribution >= 0.6 is 0 Å². The summed E-state index contributed by atoms with van der Waals surface area (Å²) in [5, 5.41) is 11.3. The van der Waals surface area contributed by atoms with Gasteiger partial charge < -0.3 is 4.74 Å². The number of aromatic nitrogens is 4. The third-order valence-electron chi connectivity index (χ3n) is 1.74. The van der Waals surface area contributed by atoms with Gasteiger partial charge in [0, 0.05) is 0 Å². The highest BCUT2D eigenvalue weighted by molar-refractivity contribution is 5.23. The van der Waals surface area contributed by atoms with Gasteiger partial charge in [0.05, 0.1) is 7.05 Å². The summed E-state index contributed by atoms with van der Waals surface area (Å²) in [6, 6.07) is 6.18. The van der Waals surface area contributed by atoms with Crippen LogP contribution in [0.4, 0.5) is 4.39 Å². The van der Waals surface area contributed by atoms with Gasteiger partial charge in [0.1, 0.15) is 0 Å². The van der Waals surface area contributed by atoms with E-state index in [1.165, 1.54) is 10.9 Å². The molecule has 0 saturated carbocycles. The van der Waals surface area contributed by atoms with Crippen LogP contribution in [0.3, 0.4) is 0 Å². The minimum absolute atomic E-state index is 0.106. The number of para-hydroxylation sites is 1. The maximum absolute atomic E-state index is 13.1. The average Bonchev–Trinajstić information content (AvgIpc) is 2.63. The lowest BCUT2D eigenvalue weighted by atomic mass is 10.3. The molecule has 0 unspecified atom stereocenters. The van der Waals surface area contributed by atoms with E-state index in [9.17, 15) is 4.39 Å². The van der Waals surface area contributed by atoms with E-state index >= 15 is 0 Å². The van der Waals surface area contributed by atoms with Crippen molar-refractivity contribution in [1.29, 1.82) is 0 Å². The summed E-state index contributed by atoms with van der Waals surface area (Å²) in [7, 11) is 1.65. The molecular formula is C9H9FN4O. The smallest absolute Gasteiger partial charge is 0.212 e. The third-order valence-corrected chi connectivity index (χ3v) is 1.74. The summed E-state index contributed by atoms with van der Waals surface area (Å²) in [5.41, 5.74) is 0. The molecule has 1 heterocycles. The molecule has 2 rings (SSSR count). The van der Waals surface area contributed by atoms with E-state index < -0.39 is 5.82 Å². The minimum atomic E-state index is -0.401. The number of ether oxygens (including phenoxy) is 1. The van der Waals surface area contributed by atoms with Gasteiger partial charge in [0.2, 0.25) is 5.82 Å². The van der Waals surface area contributed by atoms with Gasteiger partial charge in [-0.2, -0.15) is 4.80 Å². The van der Waals surface area contributed by atoms with Crippen molar-refractivity contribution < 1.29 is 9.13 Å². The van der Waals surface area contributed by atoms with Crippen LogP contribution in [0.2, 0.25) is 0 Å². The topological polar surface area (TPSA) is 52.8 Å². The minimum Gasteiger partial charge on any atom is -0.482 e. The maximum Gasteiger partial charge on any atom is 0.212 e. The molecule has 0 atom stereocenters. The van der Waals surface area contributed by atoms with Crippen molar-refractivity contribution in [1.82, 2.24) is 20.2 Å². The Hall–Kier alpha value is -1.98. The first-order valence-corrected chi connectivity index (χ1v) is 4.36. The van der Waals surface area contributed by atoms with E-state index in [1.807, 2.05) is 0 Å². The molecule has 1 aromatic heterocycles. The summed E-state index contributed by atoms with van der Waals surface area (Å²) in [5.74, 6) is 0.201. The Labute approximate surface area is 85.5 Å². The molecule has 0 fully saturated rings. The van der Waals surface area contributed by atoms with E-state index in [0.717, 1.165) is 0 Å². The van der Waals surface area contributed by atoms with Crippen LogP contribution in [0.25, 0.3) is 0 Å². The molecule has 0 aliphatic rings. The number of halogens is 1. The molecule has 78 valence electrons. The average molecular weight is 208 g/mol. The van der Waals surface area contributed by atoms with Gasteiger partial charge >= 0.3 is 0 Å². The van der Waals surface area contributed by atoms with Gasteiger partial charge in [-0.25, -0.2) is 4.39 Å². The van der Waals surface area contributed by atoms with E-state index in [4.69, 9.17) is 4.74 Å². The first kappa shape index (κ1) is 9.57. The van der Waals surface area contributed by atoms with Crippen LogP contribution in [-0.2, 0) is 13.7 Å². The molecule has 2 aromatic rings. The molecule has 0 spiro atoms. The Kier molecular flexibility index (Phi) is 2.57. The van der Waals surface area contributed by atoms with Gasteiger partial charge in [-0.3, -0.25) is 0 Å². The summed E-state index contributed by atoms with van der Waals surface area (Å²) < 4.78 is 18.3. The maximum atomic E-state index is 13.1. The molecule has 5 nitrogen and oxygen atoms in total. The second kappa shape index (κ2) is 4.04. The first-order valence-electron chi connectivity index (χ1n) is 4.36. The first-order chi connectivity index (χ1) is 7.25. The SMILES string of the molecule is Cn1nnc(COc2ccccc2F)n1. The van der Waals surface area contributed by atoms with Crippen molar-refractivity contribution in [3.8, 4) is 5.75 Å². The Morgan fingerprint density at radius 2 is 2.20 bits per heavy atom. The number of nitrogens with zero attached hydrogens (tertiary/aromatic N) is 4. The zero-order valence-corrected chi connectivity index (χ0v) is 8.09. The van der Waals surface area contributed by atoms with Gasteiger partial charge in [0.25, 0.3) is 0 Å². The van der Waals surface area contributed by atoms with Gasteiger partial charge in [-0.05, 0) is 17.3 Å². The fourth-order valence-corrected chi connectivity index (χ4v) is 1.09. The third kappa shape index (κ3) is 2.28. The second-order valence-electron chi connectivity index (χ2n) is 2.91. The highest BCUT2D eigenvalue weighted by atomic mass is 19.1. The molecule has 0 saturated heterocycles. The van der Waals surface area contributed by atoms with E-state index in [-0.39, 0.29) is 12.4 Å². The van der Waals surface area contributed by atoms with Crippen LogP contribution in [0.1, 0.15) is 5.82 Å². The molecule has 15 heavy (non-hydrogen) atoms. The Balaban J connectivity index is 2.02. The van der Waals surface area contributed by atoms with Crippen LogP contribution in [0.15, 0.2) is 24.3 Å². The predicted molar refractivity (Wildman–Crippen MR) is 49.5 cm³/mol. The van der Waals surface area contributed by atoms with Crippen molar-refractivity contribution in [3.05, 3.63) is 35.9 Å². The molecule has 0 bridgehead atoms. The van der Waals surface area contributed by atoms with Crippen molar-refractivity contribution in [2.75, 3.05) is 0 Å². The van der Waals surface area contributed by atoms with Crippen LogP contribution in [0.5, 0.6) is 5.75 Å². The van der Waals surface area contributed by atoms with Crippen molar-refractivity contribution in [2.45, 2.75) is 6.61 Å². The van der Waals surface area contributed by atoms with Gasteiger partial charge in [0.15, 0.2) is 18.2 Å². The Morgan fingerprint density at radius 1 is 1.40 bits per heavy atom. The summed E-state index contributed by atoms with van der Waals surface area (Å²) >= 11 is 0. The second-order valence-corrected chi connectivity index (χ2v) is 2.91. The normalized spacial score (nSPS) is 10.3. The summed E-state index contributed by atoms with van der Waals surface area (Å²) in [4.78, 5) is 1.32. The van der Waals surface area contributed by atoms with Crippen LogP contribution < -0.4 is 4.74 Å². The van der Waals surface area contributed by atoms with Crippen LogP contribution in [0, 0.1) is 5.82 Å². The number of tetrazole rings is 1. The van der Waals surface area contributed by atoms with Crippen molar-refractivity contribution in [2.24, 2.45) is 7.05 Å². The number of hydrogen-bond donors (Lipinski definition) is 0. The lowest BCUT2D eigenvalue weighted by Gasteiger charge is -2.03. The summed E-state index contributed by atoms with van der Waals surface area (Å²) in [6.45, 7) is 0.106. The Bertz CT molecular complexity index is 457. The lowest BCUT2D eigenvalue weighted by molar-refractivity contribution is 0.280. The fraction of sp³-hybridized carbons (Fsp3) is 0.222. The molecule has 0 amide bonds. The summed E-state index contributed by atoms with van der Waals surface area (Å²) in [6.07, 6.45) is 0. The molecule has 0 aliphatic heterocycles. The van der Waals surface area contributed by atoms with Crippen molar-refractivity contribution in [3.63, 3.8) is 0 Å². The molecule has 0 radical (unpaired) electrons. The molecular weight excluding hydrogens is 199 g/mol. The number of benzene rings is 1. The highest BCUT2D eigenvalue weighted by Gasteiger charge is 2.04. The molecule has 1 aromatic carbocycles. The predicted octanol–water partition coefficient (Wildman–Crippen LogP) is 0.928. The number of rotatable bonds is 3. The van der Waals surface area contributed by atoms with E-state index in [0.29, 0.717) is 5.82 Å². The zero-order chi connectivity index (χ0) is 10.7. The van der Waals surface area contributed by atoms with E-state index in [1.54, 1.807) is 25.2 Å². The van der Waals surface area contributed by atoms with Crippen molar-refractivity contribution >= 4 is 0 Å². The molecule has 6 heteroatoms. The lowest BCUT2D eigenvalue weighted by Crippen LogP contribution is -2.00. The zero-order valence-electron chi connectivity index (χ0n) is 8.09. The standard InChI is InChI=1S/C9H9FN4O/c1-14-12-9(11-13-14)6-15-8-5-3-2-4-7(8)10/h2-5H,6H2,1H3. The Morgan fingerprint density at radius 3 is 2.87 bits per heavy atom. The number of aryl methyl sites for hydroxylation is 1. The number of hydrogen-bond acceptors (Lipinski definition) is 4. The molecule has 0 N–H and O–H groups in total. The van der Waals surface area contributed by atoms with E-state index in [2.05, 4.69) is 15.4 Å². The quantitative estimate of drug-likeness (QED) is 0.752. The van der Waals surface area contributed by atoms with Crippen LogP contribution in [-0.4, -0.2) is 20.2 Å². The highest BCUT2D eigenvalue weighted by Crippen LogP contribution is 2.15. The van der Waals surface area contributed by atoms with Gasteiger partial charge in [-0.1, -0.05) is 12.1 Å². The van der Waals surface area contributed by atoms with Gasteiger partial charge in [-0.15, -0.1) is 10.2 Å². The fourth-order valence-electron chi connectivity index (χ4n) is 1.09. The molecule has 0 aliphatic carbocycles. The largest absolute Gasteiger partial charge is 0.482 e. The monoisotopic (exact) mass is 208 g/mol.